The molecule has 30 heavy (non-hydrogen) atoms. The van der Waals surface area contributed by atoms with Gasteiger partial charge in [-0.25, -0.2) is 4.79 Å². The molecule has 3 rings (SSSR count). The molecule has 1 saturated heterocycles. The molecule has 0 radical (unpaired) electrons. The van der Waals surface area contributed by atoms with Gasteiger partial charge >= 0.3 is 18.4 Å². The van der Waals surface area contributed by atoms with E-state index in [4.69, 9.17) is 0 Å². The van der Waals surface area contributed by atoms with Gasteiger partial charge in [0.05, 0.1) is 0 Å². The first-order chi connectivity index (χ1) is 13.8. The van der Waals surface area contributed by atoms with Crippen molar-refractivity contribution in [3.05, 3.63) is 18.3 Å². The number of likely N-dealkylation sites (tertiary alicyclic amines) is 1. The molecule has 1 aromatic rings. The van der Waals surface area contributed by atoms with Crippen molar-refractivity contribution in [2.45, 2.75) is 37.7 Å². The van der Waals surface area contributed by atoms with Crippen LogP contribution in [0.15, 0.2) is 18.3 Å². The van der Waals surface area contributed by atoms with Gasteiger partial charge in [0, 0.05) is 32.3 Å². The number of hydrogen-bond acceptors (Lipinski definition) is 5. The van der Waals surface area contributed by atoms with Gasteiger partial charge in [-0.3, -0.25) is 9.69 Å². The summed E-state index contributed by atoms with van der Waals surface area (Å²) >= 11 is 0. The summed E-state index contributed by atoms with van der Waals surface area (Å²) in [6.45, 7) is -0.195. The number of amides is 2. The number of piperidine rings is 1. The number of alkyl halides is 6. The molecule has 2 fully saturated rings. The van der Waals surface area contributed by atoms with E-state index in [2.05, 4.69) is 14.9 Å². The maximum Gasteiger partial charge on any atom is 0.434 e. The third-order valence-corrected chi connectivity index (χ3v) is 5.55. The van der Waals surface area contributed by atoms with E-state index < -0.39 is 30.0 Å². The molecule has 1 aliphatic carbocycles. The molecule has 1 aromatic heterocycles. The lowest BCUT2D eigenvalue weighted by molar-refractivity contribution is -0.308. The quantitative estimate of drug-likeness (QED) is 0.675. The fourth-order valence-electron chi connectivity index (χ4n) is 3.70. The molecule has 2 amide bonds. The van der Waals surface area contributed by atoms with Crippen LogP contribution in [0.25, 0.3) is 0 Å². The van der Waals surface area contributed by atoms with Crippen molar-refractivity contribution in [3.8, 4) is 0 Å². The molecule has 1 unspecified atom stereocenters. The Balaban J connectivity index is 1.56. The maximum absolute atomic E-state index is 12.7. The van der Waals surface area contributed by atoms with Crippen molar-refractivity contribution in [1.82, 2.24) is 15.1 Å². The number of anilines is 1. The molecular formula is C17H18F6N4O3. The molecule has 0 bridgehead atoms. The Labute approximate surface area is 167 Å². The number of halogens is 6. The summed E-state index contributed by atoms with van der Waals surface area (Å²) in [6.07, 6.45) is -14.8. The smallest absolute Gasteiger partial charge is 0.426 e. The molecule has 1 spiro atoms. The Morgan fingerprint density at radius 2 is 1.80 bits per heavy atom. The minimum absolute atomic E-state index is 0.0973. The summed E-state index contributed by atoms with van der Waals surface area (Å²) in [7, 11) is 1.54. The van der Waals surface area contributed by atoms with Gasteiger partial charge in [-0.1, -0.05) is 0 Å². The Bertz CT molecular complexity index is 779. The first-order valence-corrected chi connectivity index (χ1v) is 8.99. The van der Waals surface area contributed by atoms with Crippen molar-refractivity contribution in [2.75, 3.05) is 25.0 Å². The molecule has 0 N–H and O–H groups in total. The second-order valence-electron chi connectivity index (χ2n) is 7.43. The van der Waals surface area contributed by atoms with Crippen molar-refractivity contribution in [3.63, 3.8) is 0 Å². The molecule has 7 nitrogen and oxygen atoms in total. The third-order valence-electron chi connectivity index (χ3n) is 5.55. The van der Waals surface area contributed by atoms with E-state index in [1.807, 2.05) is 0 Å². The van der Waals surface area contributed by atoms with Crippen LogP contribution in [0.1, 0.15) is 19.3 Å². The molecule has 2 aliphatic rings. The fraction of sp³-hybridized carbons (Fsp3) is 0.647. The Kier molecular flexibility index (Phi) is 5.58. The van der Waals surface area contributed by atoms with Crippen molar-refractivity contribution >= 4 is 17.8 Å². The molecule has 1 aliphatic heterocycles. The van der Waals surface area contributed by atoms with Crippen LogP contribution in [0.5, 0.6) is 0 Å². The largest absolute Gasteiger partial charge is 0.434 e. The van der Waals surface area contributed by atoms with Crippen LogP contribution in [0.4, 0.5) is 37.0 Å². The predicted octanol–water partition coefficient (Wildman–Crippen LogP) is 3.17. The number of rotatable bonds is 3. The van der Waals surface area contributed by atoms with Crippen molar-refractivity contribution < 1.29 is 40.7 Å². The number of hydrogen-bond donors (Lipinski definition) is 0. The Hall–Kier alpha value is -2.60. The summed E-state index contributed by atoms with van der Waals surface area (Å²) in [5.41, 5.74) is -0.433. The highest BCUT2D eigenvalue weighted by molar-refractivity contribution is 5.96. The minimum atomic E-state index is -5.76. The summed E-state index contributed by atoms with van der Waals surface area (Å²) in [5, 5.41) is 7.54. The molecule has 1 atom stereocenters. The van der Waals surface area contributed by atoms with E-state index in [1.54, 1.807) is 19.2 Å². The lowest BCUT2D eigenvalue weighted by atomic mass is 9.90. The molecule has 166 valence electrons. The van der Waals surface area contributed by atoms with Gasteiger partial charge in [0.15, 0.2) is 5.82 Å². The molecule has 0 aromatic carbocycles. The highest BCUT2D eigenvalue weighted by atomic mass is 19.4. The van der Waals surface area contributed by atoms with E-state index in [1.165, 1.54) is 11.1 Å². The average Bonchev–Trinajstić information content (AvgIpc) is 3.37. The van der Waals surface area contributed by atoms with Crippen molar-refractivity contribution in [1.29, 1.82) is 0 Å². The zero-order valence-electron chi connectivity index (χ0n) is 15.7. The molecule has 13 heteroatoms. The second kappa shape index (κ2) is 7.58. The number of nitrogens with zero attached hydrogens (tertiary/aromatic N) is 4. The van der Waals surface area contributed by atoms with Gasteiger partial charge in [-0.2, -0.15) is 31.4 Å². The highest BCUT2D eigenvalue weighted by Gasteiger charge is 2.62. The normalized spacial score (nSPS) is 20.9. The number of carbonyl (C=O) groups is 2. The van der Waals surface area contributed by atoms with E-state index in [9.17, 15) is 35.9 Å². The summed E-state index contributed by atoms with van der Waals surface area (Å²) in [5.74, 6) is -0.211. The lowest BCUT2D eigenvalue weighted by Gasteiger charge is -2.34. The van der Waals surface area contributed by atoms with Crippen LogP contribution in [0, 0.1) is 11.3 Å². The van der Waals surface area contributed by atoms with E-state index in [0.29, 0.717) is 12.2 Å². The SMILES string of the molecule is CN(C(=O)C1CC12CCN(C(=O)OC(C(F)(F)F)C(F)(F)F)CC2)c1cccnn1. The zero-order valence-corrected chi connectivity index (χ0v) is 15.7. The number of aromatic nitrogens is 2. The van der Waals surface area contributed by atoms with Gasteiger partial charge in [0.25, 0.3) is 6.10 Å². The number of ether oxygens (including phenoxy) is 1. The van der Waals surface area contributed by atoms with Crippen LogP contribution >= 0.6 is 0 Å². The van der Waals surface area contributed by atoms with Crippen LogP contribution in [0.3, 0.4) is 0 Å². The molecular weight excluding hydrogens is 422 g/mol. The van der Waals surface area contributed by atoms with E-state index in [-0.39, 0.29) is 37.8 Å². The molecule has 2 heterocycles. The van der Waals surface area contributed by atoms with Crippen LogP contribution < -0.4 is 4.90 Å². The third kappa shape index (κ3) is 4.43. The average molecular weight is 440 g/mol. The topological polar surface area (TPSA) is 75.6 Å². The van der Waals surface area contributed by atoms with Crippen LogP contribution in [-0.2, 0) is 9.53 Å². The van der Waals surface area contributed by atoms with E-state index >= 15 is 0 Å². The zero-order chi connectivity index (χ0) is 22.3. The van der Waals surface area contributed by atoms with E-state index in [0.717, 1.165) is 4.90 Å². The summed E-state index contributed by atoms with van der Waals surface area (Å²) in [6, 6.07) is 3.23. The minimum Gasteiger partial charge on any atom is -0.426 e. The van der Waals surface area contributed by atoms with Gasteiger partial charge in [-0.05, 0) is 36.8 Å². The first-order valence-electron chi connectivity index (χ1n) is 8.99. The van der Waals surface area contributed by atoms with Gasteiger partial charge in [-0.15, -0.1) is 5.10 Å². The van der Waals surface area contributed by atoms with Gasteiger partial charge in [0.1, 0.15) is 0 Å². The first kappa shape index (κ1) is 22.1. The summed E-state index contributed by atoms with van der Waals surface area (Å²) < 4.78 is 79.1. The van der Waals surface area contributed by atoms with Crippen LogP contribution in [0.2, 0.25) is 0 Å². The number of carbonyl (C=O) groups excluding carboxylic acids is 2. The fourth-order valence-corrected chi connectivity index (χ4v) is 3.70. The van der Waals surface area contributed by atoms with Crippen molar-refractivity contribution in [2.24, 2.45) is 11.3 Å². The monoisotopic (exact) mass is 440 g/mol. The highest BCUT2D eigenvalue weighted by Crippen LogP contribution is 2.60. The lowest BCUT2D eigenvalue weighted by Crippen LogP contribution is -2.49. The second-order valence-corrected chi connectivity index (χ2v) is 7.43. The Morgan fingerprint density at radius 3 is 2.30 bits per heavy atom. The Morgan fingerprint density at radius 1 is 1.20 bits per heavy atom. The van der Waals surface area contributed by atoms with Crippen LogP contribution in [-0.4, -0.2) is 65.7 Å². The van der Waals surface area contributed by atoms with Gasteiger partial charge in [0.2, 0.25) is 5.91 Å². The van der Waals surface area contributed by atoms with Gasteiger partial charge < -0.3 is 9.64 Å². The molecule has 1 saturated carbocycles. The predicted molar refractivity (Wildman–Crippen MR) is 89.2 cm³/mol. The summed E-state index contributed by atoms with van der Waals surface area (Å²) in [4.78, 5) is 26.7. The maximum atomic E-state index is 12.7. The standard InChI is InChI=1S/C17H18F6N4O3/c1-26(11-3-2-6-24-25-11)12(28)10-9-15(10)4-7-27(8-5-15)14(29)30-13(16(18,19)20)17(21,22)23/h2-3,6,10,13H,4-5,7-9H2,1H3.